The normalized spacial score (nSPS) is 24.0. The number of aromatic nitrogens is 2. The third-order valence-corrected chi connectivity index (χ3v) is 4.63. The first kappa shape index (κ1) is 25.8. The zero-order valence-electron chi connectivity index (χ0n) is 16.9. The number of rotatable bonds is 10. The second-order valence-corrected chi connectivity index (χ2v) is 7.09. The fourth-order valence-electron chi connectivity index (χ4n) is 2.91. The van der Waals surface area contributed by atoms with Gasteiger partial charge in [-0.15, -0.1) is 0 Å². The van der Waals surface area contributed by atoms with Crippen molar-refractivity contribution >= 4 is 29.6 Å². The second kappa shape index (κ2) is 10.9. The highest BCUT2D eigenvalue weighted by Gasteiger charge is 2.43. The van der Waals surface area contributed by atoms with Crippen LogP contribution < -0.4 is 22.1 Å². The highest BCUT2D eigenvalue weighted by molar-refractivity contribution is 5.95. The number of carboxylic acids is 2. The number of hydrogen-bond donors (Lipinski definition) is 8. The molecule has 0 spiro atoms. The predicted molar refractivity (Wildman–Crippen MR) is 105 cm³/mol. The minimum Gasteiger partial charge on any atom is -0.480 e. The summed E-state index contributed by atoms with van der Waals surface area (Å²) >= 11 is 0. The number of carbonyl (C=O) groups excluding carboxylic acids is 2. The van der Waals surface area contributed by atoms with Gasteiger partial charge in [0.05, 0.1) is 19.4 Å². The third-order valence-electron chi connectivity index (χ3n) is 4.63. The minimum atomic E-state index is -1.71. The molecule has 1 saturated heterocycles. The van der Waals surface area contributed by atoms with E-state index >= 15 is 0 Å². The minimum absolute atomic E-state index is 0.281. The molecule has 182 valence electrons. The highest BCUT2D eigenvalue weighted by atomic mass is 16.6. The van der Waals surface area contributed by atoms with Crippen LogP contribution in [0.2, 0.25) is 0 Å². The number of carbonyl (C=O) groups is 4. The number of carboxylic acid groups (broad SMARTS) is 2. The van der Waals surface area contributed by atoms with Crippen molar-refractivity contribution in [1.29, 1.82) is 0 Å². The number of hydrogen-bond acceptors (Lipinski definition) is 11. The third kappa shape index (κ3) is 6.53. The van der Waals surface area contributed by atoms with Gasteiger partial charge in [-0.2, -0.15) is 4.98 Å². The predicted octanol–water partition coefficient (Wildman–Crippen LogP) is -4.45. The molecule has 1 aromatic rings. The summed E-state index contributed by atoms with van der Waals surface area (Å²) in [5, 5.41) is 50.9. The second-order valence-electron chi connectivity index (χ2n) is 7.09. The van der Waals surface area contributed by atoms with Crippen LogP contribution in [0.15, 0.2) is 17.1 Å². The quantitative estimate of drug-likeness (QED) is 0.160. The van der Waals surface area contributed by atoms with Gasteiger partial charge in [0.1, 0.15) is 36.2 Å². The van der Waals surface area contributed by atoms with Gasteiger partial charge in [-0.3, -0.25) is 19.0 Å². The maximum absolute atomic E-state index is 12.2. The molecule has 0 radical (unpaired) electrons. The van der Waals surface area contributed by atoms with Crippen LogP contribution >= 0.6 is 0 Å². The average Bonchev–Trinajstić information content (AvgIpc) is 3.01. The molecule has 2 unspecified atom stereocenters. The van der Waals surface area contributed by atoms with Crippen LogP contribution in [0, 0.1) is 0 Å². The number of nitrogens with zero attached hydrogens (tertiary/aromatic N) is 2. The topological polar surface area (TPSA) is 264 Å². The fourth-order valence-corrected chi connectivity index (χ4v) is 2.91. The lowest BCUT2D eigenvalue weighted by Gasteiger charge is -2.17. The van der Waals surface area contributed by atoms with Gasteiger partial charge >= 0.3 is 17.6 Å². The summed E-state index contributed by atoms with van der Waals surface area (Å²) in [6.07, 6.45) is -5.83. The van der Waals surface area contributed by atoms with E-state index in [-0.39, 0.29) is 5.82 Å². The van der Waals surface area contributed by atoms with Gasteiger partial charge in [0.25, 0.3) is 0 Å². The molecular formula is C17H23N5O11. The molecule has 16 heteroatoms. The van der Waals surface area contributed by atoms with E-state index < -0.39 is 85.5 Å². The van der Waals surface area contributed by atoms with E-state index in [0.29, 0.717) is 0 Å². The number of anilines is 1. The summed E-state index contributed by atoms with van der Waals surface area (Å²) in [7, 11) is 0. The maximum atomic E-state index is 12.2. The van der Waals surface area contributed by atoms with Crippen molar-refractivity contribution in [2.75, 3.05) is 11.9 Å². The summed E-state index contributed by atoms with van der Waals surface area (Å²) in [5.74, 6) is -5.26. The molecule has 1 aromatic heterocycles. The summed E-state index contributed by atoms with van der Waals surface area (Å²) < 4.78 is 6.04. The van der Waals surface area contributed by atoms with Crippen molar-refractivity contribution in [2.45, 2.75) is 49.5 Å². The molecular weight excluding hydrogens is 450 g/mol. The SMILES string of the molecule is N[C@@H](CC(=O)N[C@@H](CC(=O)Nc1ccn([C@@H]2O[C@H](CO)C(O)C2O)c(=O)n1)C(=O)O)C(=O)O. The molecule has 0 saturated carbocycles. The molecule has 0 aliphatic carbocycles. The summed E-state index contributed by atoms with van der Waals surface area (Å²) in [6, 6.07) is -2.13. The Balaban J connectivity index is 2.02. The molecule has 1 aliphatic heterocycles. The molecule has 6 atom stereocenters. The lowest BCUT2D eigenvalue weighted by Crippen LogP contribution is -2.46. The lowest BCUT2D eigenvalue weighted by atomic mass is 10.1. The van der Waals surface area contributed by atoms with E-state index in [0.717, 1.165) is 16.8 Å². The molecule has 1 aliphatic rings. The molecule has 16 nitrogen and oxygen atoms in total. The number of amides is 2. The van der Waals surface area contributed by atoms with Gasteiger partial charge in [-0.05, 0) is 6.07 Å². The number of nitrogens with one attached hydrogen (secondary N) is 2. The van der Waals surface area contributed by atoms with E-state index in [1.165, 1.54) is 0 Å². The van der Waals surface area contributed by atoms with Crippen molar-refractivity contribution in [3.63, 3.8) is 0 Å². The van der Waals surface area contributed by atoms with Crippen LogP contribution in [0.4, 0.5) is 5.82 Å². The van der Waals surface area contributed by atoms with Crippen LogP contribution in [0.25, 0.3) is 0 Å². The van der Waals surface area contributed by atoms with E-state index in [1.54, 1.807) is 0 Å². The maximum Gasteiger partial charge on any atom is 0.351 e. The van der Waals surface area contributed by atoms with Gasteiger partial charge in [0.15, 0.2) is 6.23 Å². The molecule has 9 N–H and O–H groups in total. The first-order chi connectivity index (χ1) is 15.4. The number of aliphatic hydroxyl groups is 3. The zero-order valence-corrected chi connectivity index (χ0v) is 16.9. The van der Waals surface area contributed by atoms with Gasteiger partial charge in [0, 0.05) is 6.20 Å². The van der Waals surface area contributed by atoms with Crippen LogP contribution in [0.5, 0.6) is 0 Å². The number of ether oxygens (including phenoxy) is 1. The molecule has 2 heterocycles. The lowest BCUT2D eigenvalue weighted by molar-refractivity contribution is -0.144. The summed E-state index contributed by atoms with van der Waals surface area (Å²) in [4.78, 5) is 61.7. The van der Waals surface area contributed by atoms with Crippen LogP contribution in [-0.4, -0.2) is 95.8 Å². The smallest absolute Gasteiger partial charge is 0.351 e. The van der Waals surface area contributed by atoms with Gasteiger partial charge in [0.2, 0.25) is 11.8 Å². The van der Waals surface area contributed by atoms with Crippen molar-refractivity contribution < 1.29 is 49.4 Å². The van der Waals surface area contributed by atoms with Crippen molar-refractivity contribution in [1.82, 2.24) is 14.9 Å². The van der Waals surface area contributed by atoms with Gasteiger partial charge < -0.3 is 46.6 Å². The first-order valence-electron chi connectivity index (χ1n) is 9.46. The Morgan fingerprint density at radius 3 is 2.30 bits per heavy atom. The van der Waals surface area contributed by atoms with Crippen LogP contribution in [-0.2, 0) is 23.9 Å². The Bertz CT molecular complexity index is 967. The highest BCUT2D eigenvalue weighted by Crippen LogP contribution is 2.28. The monoisotopic (exact) mass is 473 g/mol. The molecule has 1 fully saturated rings. The van der Waals surface area contributed by atoms with Gasteiger partial charge in [-0.25, -0.2) is 9.59 Å². The first-order valence-corrected chi connectivity index (χ1v) is 9.46. The van der Waals surface area contributed by atoms with Crippen molar-refractivity contribution in [3.8, 4) is 0 Å². The summed E-state index contributed by atoms with van der Waals surface area (Å²) in [5.41, 5.74) is 4.21. The van der Waals surface area contributed by atoms with Crippen molar-refractivity contribution in [3.05, 3.63) is 22.7 Å². The fraction of sp³-hybridized carbons (Fsp3) is 0.529. The zero-order chi connectivity index (χ0) is 24.9. The molecule has 2 amide bonds. The molecule has 0 aromatic carbocycles. The van der Waals surface area contributed by atoms with E-state index in [1.807, 2.05) is 5.32 Å². The van der Waals surface area contributed by atoms with E-state index in [9.17, 15) is 39.3 Å². The summed E-state index contributed by atoms with van der Waals surface area (Å²) in [6.45, 7) is -0.603. The average molecular weight is 473 g/mol. The standard InChI is InChI=1S/C17H23N5O11/c18-6(15(28)29)3-10(24)19-7(16(30)31)4-11(25)20-9-1-2-22(17(32)21-9)14-13(27)12(26)8(5-23)33-14/h1-2,6-8,12-14,23,26-27H,3-5,18H2,(H,19,24)(H,28,29)(H,30,31)(H,20,21,25,32)/t6-,7-,8+,12?,13?,14+/m0/s1. The number of aliphatic carboxylic acids is 2. The molecule has 0 bridgehead atoms. The van der Waals surface area contributed by atoms with Crippen molar-refractivity contribution in [2.24, 2.45) is 5.73 Å². The number of aliphatic hydroxyl groups excluding tert-OH is 3. The Morgan fingerprint density at radius 1 is 1.12 bits per heavy atom. The van der Waals surface area contributed by atoms with Crippen LogP contribution in [0.3, 0.4) is 0 Å². The van der Waals surface area contributed by atoms with Crippen LogP contribution in [0.1, 0.15) is 19.1 Å². The largest absolute Gasteiger partial charge is 0.480 e. The Kier molecular flexibility index (Phi) is 8.55. The van der Waals surface area contributed by atoms with E-state index in [4.69, 9.17) is 20.7 Å². The Labute approximate surface area is 184 Å². The molecule has 2 rings (SSSR count). The Hall–Kier alpha value is -3.44. The number of nitrogens with two attached hydrogens (primary N) is 1. The van der Waals surface area contributed by atoms with Gasteiger partial charge in [-0.1, -0.05) is 0 Å². The molecule has 33 heavy (non-hydrogen) atoms. The van der Waals surface area contributed by atoms with E-state index in [2.05, 4.69) is 10.3 Å². The Morgan fingerprint density at radius 2 is 1.79 bits per heavy atom.